The maximum atomic E-state index is 14.2. The Morgan fingerprint density at radius 2 is 1.22 bits per heavy atom. The second-order valence-corrected chi connectivity index (χ2v) is 13.6. The molecule has 2 heterocycles. The highest BCUT2D eigenvalue weighted by Crippen LogP contribution is 2.38. The van der Waals surface area contributed by atoms with Crippen LogP contribution in [0.1, 0.15) is 87.0 Å². The molecule has 0 unspecified atom stereocenters. The number of amides is 3. The summed E-state index contributed by atoms with van der Waals surface area (Å²) in [5.41, 5.74) is 1.28. The van der Waals surface area contributed by atoms with E-state index in [9.17, 15) is 27.6 Å². The van der Waals surface area contributed by atoms with Crippen LogP contribution in [0.2, 0.25) is 0 Å². The van der Waals surface area contributed by atoms with Crippen molar-refractivity contribution in [2.45, 2.75) is 78.7 Å². The van der Waals surface area contributed by atoms with Gasteiger partial charge in [-0.25, -0.2) is 9.59 Å². The molecule has 4 rings (SSSR count). The minimum atomic E-state index is -4.71. The average Bonchev–Trinajstić information content (AvgIpc) is 2.95. The molecule has 0 fully saturated rings. The Labute approximate surface area is 268 Å². The zero-order valence-corrected chi connectivity index (χ0v) is 27.4. The molecule has 2 aliphatic heterocycles. The molecule has 46 heavy (non-hydrogen) atoms. The van der Waals surface area contributed by atoms with Gasteiger partial charge in [-0.1, -0.05) is 30.4 Å². The lowest BCUT2D eigenvalue weighted by atomic mass is 9.95. The average molecular weight is 642 g/mol. The van der Waals surface area contributed by atoms with Crippen molar-refractivity contribution in [3.63, 3.8) is 0 Å². The number of nitrogens with zero attached hydrogens (tertiary/aromatic N) is 2. The number of carbonyl (C=O) groups excluding carboxylic acids is 3. The largest absolute Gasteiger partial charge is 0.444 e. The van der Waals surface area contributed by atoms with Crippen LogP contribution in [0.25, 0.3) is 11.1 Å². The number of aryl methyl sites for hydroxylation is 1. The van der Waals surface area contributed by atoms with Crippen molar-refractivity contribution in [1.29, 1.82) is 0 Å². The first-order valence-corrected chi connectivity index (χ1v) is 15.3. The van der Waals surface area contributed by atoms with E-state index in [0.29, 0.717) is 49.2 Å². The number of rotatable bonds is 4. The fourth-order valence-electron chi connectivity index (χ4n) is 5.24. The van der Waals surface area contributed by atoms with Crippen molar-refractivity contribution >= 4 is 34.9 Å². The van der Waals surface area contributed by atoms with Crippen molar-refractivity contribution < 1.29 is 37.0 Å². The van der Waals surface area contributed by atoms with Gasteiger partial charge in [0.2, 0.25) is 0 Å². The summed E-state index contributed by atoms with van der Waals surface area (Å²) in [7, 11) is 0. The van der Waals surface area contributed by atoms with E-state index in [4.69, 9.17) is 9.47 Å². The number of halogens is 3. The summed E-state index contributed by atoms with van der Waals surface area (Å²) in [5.74, 6) is -0.652. The van der Waals surface area contributed by atoms with Gasteiger partial charge in [-0.2, -0.15) is 13.2 Å². The van der Waals surface area contributed by atoms with Crippen molar-refractivity contribution in [3.05, 3.63) is 76.4 Å². The molecular weight excluding hydrogens is 599 g/mol. The lowest BCUT2D eigenvalue weighted by Crippen LogP contribution is -2.39. The van der Waals surface area contributed by atoms with Gasteiger partial charge >= 0.3 is 18.4 Å². The summed E-state index contributed by atoms with van der Waals surface area (Å²) in [6.45, 7) is 13.9. The maximum Gasteiger partial charge on any atom is 0.418 e. The van der Waals surface area contributed by atoms with Crippen LogP contribution in [0.4, 0.5) is 28.4 Å². The summed E-state index contributed by atoms with van der Waals surface area (Å²) in [6.07, 6.45) is -0.933. The zero-order chi connectivity index (χ0) is 34.0. The van der Waals surface area contributed by atoms with Gasteiger partial charge in [-0.15, -0.1) is 0 Å². The summed E-state index contributed by atoms with van der Waals surface area (Å²) in [6, 6.07) is 9.05. The third-order valence-corrected chi connectivity index (χ3v) is 7.51. The molecule has 1 N–H and O–H groups in total. The predicted molar refractivity (Wildman–Crippen MR) is 171 cm³/mol. The Morgan fingerprint density at radius 1 is 0.739 bits per heavy atom. The van der Waals surface area contributed by atoms with Crippen molar-refractivity contribution in [3.8, 4) is 0 Å². The highest BCUT2D eigenvalue weighted by atomic mass is 19.4. The molecule has 0 aliphatic carbocycles. The monoisotopic (exact) mass is 641 g/mol. The highest BCUT2D eigenvalue weighted by Gasteiger charge is 2.35. The highest BCUT2D eigenvalue weighted by molar-refractivity contribution is 6.06. The molecule has 248 valence electrons. The molecule has 2 aromatic rings. The van der Waals surface area contributed by atoms with E-state index in [1.807, 2.05) is 32.9 Å². The maximum absolute atomic E-state index is 14.2. The van der Waals surface area contributed by atoms with E-state index in [0.717, 1.165) is 17.2 Å². The van der Waals surface area contributed by atoms with Crippen LogP contribution in [-0.4, -0.2) is 65.3 Å². The van der Waals surface area contributed by atoms with E-state index in [1.165, 1.54) is 11.0 Å². The number of carbonyl (C=O) groups is 3. The summed E-state index contributed by atoms with van der Waals surface area (Å²) in [4.78, 5) is 41.1. The zero-order valence-electron chi connectivity index (χ0n) is 27.4. The molecule has 0 atom stereocenters. The van der Waals surface area contributed by atoms with Crippen LogP contribution in [0, 0.1) is 6.92 Å². The predicted octanol–water partition coefficient (Wildman–Crippen LogP) is 8.31. The molecular formula is C35H42F3N3O5. The van der Waals surface area contributed by atoms with Crippen molar-refractivity contribution in [2.75, 3.05) is 31.5 Å². The van der Waals surface area contributed by atoms with E-state index in [2.05, 4.69) is 5.32 Å². The first-order chi connectivity index (χ1) is 21.3. The Balaban J connectivity index is 1.47. The third-order valence-electron chi connectivity index (χ3n) is 7.51. The number of alkyl halides is 3. The number of anilines is 1. The summed E-state index contributed by atoms with van der Waals surface area (Å²) in [5, 5.41) is 2.46. The molecule has 0 aromatic heterocycles. The van der Waals surface area contributed by atoms with Crippen LogP contribution in [0.5, 0.6) is 0 Å². The molecule has 3 amide bonds. The molecule has 0 spiro atoms. The lowest BCUT2D eigenvalue weighted by Gasteiger charge is -2.30. The van der Waals surface area contributed by atoms with Crippen LogP contribution in [-0.2, 0) is 15.7 Å². The van der Waals surface area contributed by atoms with Gasteiger partial charge in [0.25, 0.3) is 5.91 Å². The standard InChI is InChI=1S/C35H42F3N3O5/c1-22-20-25(23-12-16-40(17-13-23)31(43)45-33(2,3)4)8-10-27(22)30(42)39-29-11-9-26(21-28(29)35(36,37)38)24-14-18-41(19-15-24)32(44)46-34(5,6)7/h8-12,14,20-21H,13,15-19H2,1-7H3,(H,39,42). The van der Waals surface area contributed by atoms with Gasteiger partial charge in [-0.3, -0.25) is 4.79 Å². The number of ether oxygens (including phenoxy) is 2. The fraction of sp³-hybridized carbons (Fsp3) is 0.457. The summed E-state index contributed by atoms with van der Waals surface area (Å²) >= 11 is 0. The van der Waals surface area contributed by atoms with E-state index >= 15 is 0 Å². The van der Waals surface area contributed by atoms with E-state index < -0.39 is 34.9 Å². The first-order valence-electron chi connectivity index (χ1n) is 15.3. The van der Waals surface area contributed by atoms with Gasteiger partial charge < -0.3 is 24.6 Å². The minimum absolute atomic E-state index is 0.220. The van der Waals surface area contributed by atoms with Gasteiger partial charge in [0.05, 0.1) is 11.3 Å². The Kier molecular flexibility index (Phi) is 9.94. The van der Waals surface area contributed by atoms with Gasteiger partial charge in [0, 0.05) is 31.7 Å². The van der Waals surface area contributed by atoms with E-state index in [1.54, 1.807) is 56.9 Å². The van der Waals surface area contributed by atoms with Gasteiger partial charge in [-0.05, 0) is 107 Å². The smallest absolute Gasteiger partial charge is 0.418 e. The van der Waals surface area contributed by atoms with Crippen LogP contribution >= 0.6 is 0 Å². The van der Waals surface area contributed by atoms with Crippen LogP contribution < -0.4 is 5.32 Å². The molecule has 11 heteroatoms. The normalized spacial score (nSPS) is 16.0. The fourth-order valence-corrected chi connectivity index (χ4v) is 5.24. The van der Waals surface area contributed by atoms with Crippen molar-refractivity contribution in [2.24, 2.45) is 0 Å². The topological polar surface area (TPSA) is 88.2 Å². The van der Waals surface area contributed by atoms with Crippen LogP contribution in [0.3, 0.4) is 0 Å². The Bertz CT molecular complexity index is 1560. The SMILES string of the molecule is Cc1cc(C2=CCN(C(=O)OC(C)(C)C)CC2)ccc1C(=O)Nc1ccc(C2=CCN(C(=O)OC(C)(C)C)CC2)cc1C(F)(F)F. The second-order valence-electron chi connectivity index (χ2n) is 13.6. The third kappa shape index (κ3) is 8.92. The first kappa shape index (κ1) is 34.6. The molecule has 2 aliphatic rings. The molecule has 0 saturated carbocycles. The number of nitrogens with one attached hydrogen (secondary N) is 1. The minimum Gasteiger partial charge on any atom is -0.444 e. The molecule has 8 nitrogen and oxygen atoms in total. The summed E-state index contributed by atoms with van der Waals surface area (Å²) < 4.78 is 53.4. The number of hydrogen-bond donors (Lipinski definition) is 1. The molecule has 0 saturated heterocycles. The van der Waals surface area contributed by atoms with E-state index in [-0.39, 0.29) is 23.9 Å². The Hall–Kier alpha value is -4.28. The molecule has 2 aromatic carbocycles. The van der Waals surface area contributed by atoms with Crippen molar-refractivity contribution in [1.82, 2.24) is 9.80 Å². The quantitative estimate of drug-likeness (QED) is 0.363. The molecule has 0 bridgehead atoms. The van der Waals surface area contributed by atoms with Gasteiger partial charge in [0.1, 0.15) is 11.2 Å². The Morgan fingerprint density at radius 3 is 1.63 bits per heavy atom. The molecule has 0 radical (unpaired) electrons. The van der Waals surface area contributed by atoms with Gasteiger partial charge in [0.15, 0.2) is 0 Å². The number of hydrogen-bond acceptors (Lipinski definition) is 5. The lowest BCUT2D eigenvalue weighted by molar-refractivity contribution is -0.136. The number of benzene rings is 2. The second kappa shape index (κ2) is 13.2. The van der Waals surface area contributed by atoms with Crippen LogP contribution in [0.15, 0.2) is 48.6 Å².